The molecule has 0 fully saturated rings. The molecule has 3 N–H and O–H groups in total. The van der Waals surface area contributed by atoms with Crippen LogP contribution >= 0.6 is 11.6 Å². The number of aromatic carboxylic acids is 1. The van der Waals surface area contributed by atoms with Gasteiger partial charge in [-0.3, -0.25) is 0 Å². The van der Waals surface area contributed by atoms with Crippen LogP contribution < -0.4 is 10.6 Å². The molecule has 0 aliphatic carbocycles. The third kappa shape index (κ3) is 3.84. The number of pyridine rings is 1. The predicted molar refractivity (Wildman–Crippen MR) is 107 cm³/mol. The lowest BCUT2D eigenvalue weighted by atomic mass is 10.0. The molecule has 0 saturated heterocycles. The molecule has 3 aromatic rings. The van der Waals surface area contributed by atoms with E-state index in [1.54, 1.807) is 24.4 Å². The Hall–Kier alpha value is -3.26. The maximum atomic E-state index is 13.2. The molecular weight excluding hydrogens is 397 g/mol. The van der Waals surface area contributed by atoms with Gasteiger partial charge in [0.15, 0.2) is 0 Å². The molecule has 148 valence electrons. The minimum absolute atomic E-state index is 0.0434. The standard InChI is InChI=1S/C20H17ClFN5O2/c1-10(11-2-4-13(22)5-3-11)26-19-16(20(28)29)9-25-18(27-19)15-8-24-17-14(15)6-12(21)7-23-17/h2-7,9-10,15H,8H2,1H3,(H,23,24)(H,28,29)(H,25,26,27)/t10-,15?/m0/s1. The number of anilines is 2. The molecule has 0 spiro atoms. The van der Waals surface area contributed by atoms with Gasteiger partial charge in [0.1, 0.15) is 28.8 Å². The van der Waals surface area contributed by atoms with Crippen molar-refractivity contribution in [3.63, 3.8) is 0 Å². The van der Waals surface area contributed by atoms with Crippen molar-refractivity contribution in [1.82, 2.24) is 15.0 Å². The monoisotopic (exact) mass is 413 g/mol. The highest BCUT2D eigenvalue weighted by Crippen LogP contribution is 2.35. The number of halogens is 2. The minimum atomic E-state index is -1.14. The highest BCUT2D eigenvalue weighted by molar-refractivity contribution is 6.30. The molecule has 29 heavy (non-hydrogen) atoms. The Morgan fingerprint density at radius 2 is 2.07 bits per heavy atom. The summed E-state index contributed by atoms with van der Waals surface area (Å²) in [6.45, 7) is 2.37. The Bertz CT molecular complexity index is 1080. The molecule has 7 nitrogen and oxygen atoms in total. The van der Waals surface area contributed by atoms with Gasteiger partial charge in [0.2, 0.25) is 0 Å². The fourth-order valence-corrected chi connectivity index (χ4v) is 3.44. The second-order valence-corrected chi connectivity index (χ2v) is 7.17. The number of nitrogens with one attached hydrogen (secondary N) is 2. The maximum absolute atomic E-state index is 13.2. The third-order valence-corrected chi connectivity index (χ3v) is 5.01. The summed E-state index contributed by atoms with van der Waals surface area (Å²) in [5, 5.41) is 16.3. The number of aromatic nitrogens is 3. The van der Waals surface area contributed by atoms with Crippen LogP contribution in [0.25, 0.3) is 0 Å². The normalized spacial score (nSPS) is 16.0. The van der Waals surface area contributed by atoms with E-state index in [4.69, 9.17) is 11.6 Å². The molecule has 1 unspecified atom stereocenters. The lowest BCUT2D eigenvalue weighted by molar-refractivity contribution is 0.0697. The topological polar surface area (TPSA) is 100 Å². The van der Waals surface area contributed by atoms with Gasteiger partial charge in [-0.2, -0.15) is 0 Å². The van der Waals surface area contributed by atoms with Gasteiger partial charge in [0.05, 0.1) is 10.9 Å². The average molecular weight is 414 g/mol. The molecule has 3 heterocycles. The van der Waals surface area contributed by atoms with Gasteiger partial charge in [-0.05, 0) is 30.7 Å². The molecule has 0 amide bonds. The Morgan fingerprint density at radius 1 is 1.31 bits per heavy atom. The molecule has 2 aromatic heterocycles. The summed E-state index contributed by atoms with van der Waals surface area (Å²) in [5.74, 6) is -0.321. The fraction of sp³-hybridized carbons (Fsp3) is 0.200. The van der Waals surface area contributed by atoms with Crippen molar-refractivity contribution < 1.29 is 14.3 Å². The largest absolute Gasteiger partial charge is 0.477 e. The zero-order chi connectivity index (χ0) is 20.5. The van der Waals surface area contributed by atoms with Crippen molar-refractivity contribution in [3.8, 4) is 0 Å². The van der Waals surface area contributed by atoms with E-state index in [-0.39, 0.29) is 29.2 Å². The van der Waals surface area contributed by atoms with E-state index in [2.05, 4.69) is 25.6 Å². The maximum Gasteiger partial charge on any atom is 0.341 e. The van der Waals surface area contributed by atoms with E-state index in [0.717, 1.165) is 11.1 Å². The summed E-state index contributed by atoms with van der Waals surface area (Å²) < 4.78 is 13.2. The lowest BCUT2D eigenvalue weighted by Gasteiger charge is -2.18. The number of benzene rings is 1. The number of hydrogen-bond acceptors (Lipinski definition) is 6. The first-order chi connectivity index (χ1) is 13.9. The highest BCUT2D eigenvalue weighted by Gasteiger charge is 2.29. The van der Waals surface area contributed by atoms with Crippen LogP contribution in [0.4, 0.5) is 16.0 Å². The van der Waals surface area contributed by atoms with E-state index in [9.17, 15) is 14.3 Å². The van der Waals surface area contributed by atoms with Gasteiger partial charge in [-0.1, -0.05) is 23.7 Å². The van der Waals surface area contributed by atoms with E-state index in [1.165, 1.54) is 18.3 Å². The molecule has 4 rings (SSSR count). The second-order valence-electron chi connectivity index (χ2n) is 6.74. The highest BCUT2D eigenvalue weighted by atomic mass is 35.5. The summed E-state index contributed by atoms with van der Waals surface area (Å²) >= 11 is 6.07. The molecule has 2 atom stereocenters. The van der Waals surface area contributed by atoms with E-state index in [1.807, 2.05) is 6.92 Å². The van der Waals surface area contributed by atoms with Gasteiger partial charge in [0.25, 0.3) is 0 Å². The van der Waals surface area contributed by atoms with Crippen LogP contribution in [0.2, 0.25) is 5.02 Å². The number of nitrogens with zero attached hydrogens (tertiary/aromatic N) is 3. The summed E-state index contributed by atoms with van der Waals surface area (Å²) in [4.78, 5) is 24.7. The zero-order valence-electron chi connectivity index (χ0n) is 15.4. The number of hydrogen-bond donors (Lipinski definition) is 3. The van der Waals surface area contributed by atoms with Gasteiger partial charge in [0, 0.05) is 30.5 Å². The number of rotatable bonds is 5. The molecule has 0 bridgehead atoms. The lowest BCUT2D eigenvalue weighted by Crippen LogP contribution is -2.16. The van der Waals surface area contributed by atoms with Crippen molar-refractivity contribution in [2.45, 2.75) is 18.9 Å². The van der Waals surface area contributed by atoms with Crippen LogP contribution in [0.5, 0.6) is 0 Å². The first-order valence-electron chi connectivity index (χ1n) is 8.94. The Morgan fingerprint density at radius 3 is 2.79 bits per heavy atom. The predicted octanol–water partition coefficient (Wildman–Crippen LogP) is 4.09. The Labute approximate surface area is 171 Å². The second kappa shape index (κ2) is 7.63. The molecule has 1 aliphatic heterocycles. The molecule has 0 radical (unpaired) electrons. The van der Waals surface area contributed by atoms with Crippen molar-refractivity contribution >= 4 is 29.2 Å². The minimum Gasteiger partial charge on any atom is -0.477 e. The first kappa shape index (κ1) is 19.1. The Balaban J connectivity index is 1.68. The van der Waals surface area contributed by atoms with Gasteiger partial charge >= 0.3 is 5.97 Å². The van der Waals surface area contributed by atoms with E-state index in [0.29, 0.717) is 23.2 Å². The number of carbonyl (C=O) groups is 1. The van der Waals surface area contributed by atoms with Crippen molar-refractivity contribution in [2.24, 2.45) is 0 Å². The summed E-state index contributed by atoms with van der Waals surface area (Å²) in [7, 11) is 0. The molecule has 0 saturated carbocycles. The Kier molecular flexibility index (Phi) is 5.02. The number of carboxylic acids is 1. The van der Waals surface area contributed by atoms with Crippen molar-refractivity contribution in [2.75, 3.05) is 17.2 Å². The molecular formula is C20H17ClFN5O2. The van der Waals surface area contributed by atoms with Gasteiger partial charge < -0.3 is 15.7 Å². The number of fused-ring (bicyclic) bond motifs is 1. The molecule has 1 aliphatic rings. The van der Waals surface area contributed by atoms with Gasteiger partial charge in [-0.25, -0.2) is 24.1 Å². The van der Waals surface area contributed by atoms with Crippen LogP contribution in [0, 0.1) is 5.82 Å². The van der Waals surface area contributed by atoms with E-state index >= 15 is 0 Å². The molecule has 9 heteroatoms. The van der Waals surface area contributed by atoms with Crippen LogP contribution in [0.3, 0.4) is 0 Å². The number of carboxylic acid groups (broad SMARTS) is 1. The van der Waals surface area contributed by atoms with Crippen LogP contribution in [0.1, 0.15) is 46.2 Å². The average Bonchev–Trinajstić information content (AvgIpc) is 3.11. The zero-order valence-corrected chi connectivity index (χ0v) is 16.1. The van der Waals surface area contributed by atoms with Crippen LogP contribution in [0.15, 0.2) is 42.7 Å². The summed E-state index contributed by atoms with van der Waals surface area (Å²) in [6, 6.07) is 7.50. The summed E-state index contributed by atoms with van der Waals surface area (Å²) in [5.41, 5.74) is 1.61. The third-order valence-electron chi connectivity index (χ3n) is 4.81. The quantitative estimate of drug-likeness (QED) is 0.579. The van der Waals surface area contributed by atoms with Crippen molar-refractivity contribution in [1.29, 1.82) is 0 Å². The van der Waals surface area contributed by atoms with Crippen LogP contribution in [-0.4, -0.2) is 32.6 Å². The van der Waals surface area contributed by atoms with Crippen LogP contribution in [-0.2, 0) is 0 Å². The summed E-state index contributed by atoms with van der Waals surface area (Å²) in [6.07, 6.45) is 2.85. The van der Waals surface area contributed by atoms with Gasteiger partial charge in [-0.15, -0.1) is 0 Å². The first-order valence-corrected chi connectivity index (χ1v) is 9.31. The van der Waals surface area contributed by atoms with E-state index < -0.39 is 5.97 Å². The molecule has 1 aromatic carbocycles. The SMILES string of the molecule is C[C@H](Nc1nc(C2CNc3ncc(Cl)cc32)ncc1C(=O)O)c1ccc(F)cc1. The van der Waals surface area contributed by atoms with Crippen molar-refractivity contribution in [3.05, 3.63) is 76.1 Å². The smallest absolute Gasteiger partial charge is 0.341 e. The fourth-order valence-electron chi connectivity index (χ4n) is 3.28.